The predicted octanol–water partition coefficient (Wildman–Crippen LogP) is 1.43. The number of rotatable bonds is 5. The smallest absolute Gasteiger partial charge is 0.118 e. The molecule has 5 nitrogen and oxygen atoms in total. The third kappa shape index (κ3) is 2.98. The lowest BCUT2D eigenvalue weighted by molar-refractivity contribution is 0.475. The molecule has 1 aromatic carbocycles. The lowest BCUT2D eigenvalue weighted by Crippen LogP contribution is -2.06. The summed E-state index contributed by atoms with van der Waals surface area (Å²) in [5.41, 5.74) is 7.49. The molecule has 0 saturated heterocycles. The van der Waals surface area contributed by atoms with Crippen LogP contribution in [0.15, 0.2) is 22.1 Å². The Morgan fingerprint density at radius 1 is 1.56 bits per heavy atom. The van der Waals surface area contributed by atoms with Gasteiger partial charge in [0.25, 0.3) is 0 Å². The zero-order valence-electron chi connectivity index (χ0n) is 9.27. The van der Waals surface area contributed by atoms with Crippen LogP contribution in [0.1, 0.15) is 5.56 Å². The van der Waals surface area contributed by atoms with Crippen LogP contribution in [0.3, 0.4) is 0 Å². The van der Waals surface area contributed by atoms with Gasteiger partial charge in [0.1, 0.15) is 5.75 Å². The average molecular weight is 220 g/mol. The van der Waals surface area contributed by atoms with Crippen LogP contribution in [0.25, 0.3) is 0 Å². The summed E-state index contributed by atoms with van der Waals surface area (Å²) in [4.78, 5) is 7.79. The first-order chi connectivity index (χ1) is 7.69. The van der Waals surface area contributed by atoms with Crippen LogP contribution >= 0.6 is 0 Å². The van der Waals surface area contributed by atoms with E-state index in [1.54, 1.807) is 12.1 Å². The maximum absolute atomic E-state index is 9.46. The molecule has 0 unspecified atom stereocenters. The molecule has 0 amide bonds. The van der Waals surface area contributed by atoms with Gasteiger partial charge in [-0.1, -0.05) is 0 Å². The number of aromatic hydroxyl groups is 1. The molecular weight excluding hydrogens is 204 g/mol. The molecule has 0 bridgehead atoms. The molecule has 0 spiro atoms. The van der Waals surface area contributed by atoms with E-state index in [-0.39, 0.29) is 5.75 Å². The second kappa shape index (κ2) is 5.75. The van der Waals surface area contributed by atoms with Crippen LogP contribution in [0.2, 0.25) is 0 Å². The number of nitrogens with zero attached hydrogens (tertiary/aromatic N) is 2. The normalized spacial score (nSPS) is 10.6. The second-order valence-electron chi connectivity index (χ2n) is 3.30. The molecule has 0 aliphatic heterocycles. The van der Waals surface area contributed by atoms with Crippen LogP contribution in [0.4, 0.5) is 11.4 Å². The number of phenols is 1. The van der Waals surface area contributed by atoms with Crippen molar-refractivity contribution in [2.75, 3.05) is 18.4 Å². The second-order valence-corrected chi connectivity index (χ2v) is 3.30. The Kier molecular flexibility index (Phi) is 4.32. The Labute approximate surface area is 94.7 Å². The molecule has 0 atom stereocenters. The van der Waals surface area contributed by atoms with Crippen LogP contribution in [-0.4, -0.2) is 31.3 Å². The highest BCUT2D eigenvalue weighted by molar-refractivity contribution is 5.73. The van der Waals surface area contributed by atoms with Gasteiger partial charge in [-0.15, -0.1) is 0 Å². The topological polar surface area (TPSA) is 83.0 Å². The third-order valence-corrected chi connectivity index (χ3v) is 2.11. The van der Waals surface area contributed by atoms with Gasteiger partial charge in [0.15, 0.2) is 0 Å². The number of hydrogen-bond acceptors (Lipinski definition) is 4. The van der Waals surface area contributed by atoms with Crippen LogP contribution in [-0.2, 0) is 0 Å². The van der Waals surface area contributed by atoms with Crippen molar-refractivity contribution in [2.24, 2.45) is 15.7 Å². The summed E-state index contributed by atoms with van der Waals surface area (Å²) in [5, 5.41) is 12.6. The van der Waals surface area contributed by atoms with Gasteiger partial charge in [0.05, 0.1) is 24.3 Å². The minimum atomic E-state index is 0.203. The van der Waals surface area contributed by atoms with Gasteiger partial charge < -0.3 is 16.2 Å². The van der Waals surface area contributed by atoms with Gasteiger partial charge in [-0.05, 0) is 25.3 Å². The summed E-state index contributed by atoms with van der Waals surface area (Å²) >= 11 is 0. The number of phenolic OH excluding ortho intramolecular Hbond substituents is 1. The van der Waals surface area contributed by atoms with Crippen molar-refractivity contribution in [1.29, 1.82) is 0 Å². The van der Waals surface area contributed by atoms with Gasteiger partial charge in [-0.2, -0.15) is 0 Å². The van der Waals surface area contributed by atoms with E-state index in [9.17, 15) is 5.11 Å². The Morgan fingerprint density at radius 3 is 2.94 bits per heavy atom. The minimum absolute atomic E-state index is 0.203. The Hall–Kier alpha value is -2.04. The van der Waals surface area contributed by atoms with E-state index in [4.69, 9.17) is 5.73 Å². The molecule has 4 N–H and O–H groups in total. The van der Waals surface area contributed by atoms with Crippen molar-refractivity contribution in [3.8, 4) is 5.75 Å². The zero-order valence-corrected chi connectivity index (χ0v) is 9.27. The lowest BCUT2D eigenvalue weighted by atomic mass is 10.1. The average Bonchev–Trinajstić information content (AvgIpc) is 2.24. The molecule has 86 valence electrons. The van der Waals surface area contributed by atoms with Gasteiger partial charge in [0, 0.05) is 12.6 Å². The Balaban J connectivity index is 2.81. The fourth-order valence-electron chi connectivity index (χ4n) is 1.43. The molecule has 16 heavy (non-hydrogen) atoms. The van der Waals surface area contributed by atoms with Crippen LogP contribution in [0.5, 0.6) is 5.75 Å². The van der Waals surface area contributed by atoms with E-state index < -0.39 is 0 Å². The highest BCUT2D eigenvalue weighted by Crippen LogP contribution is 2.32. The maximum Gasteiger partial charge on any atom is 0.118 e. The highest BCUT2D eigenvalue weighted by Gasteiger charge is 2.05. The Bertz CT molecular complexity index is 401. The van der Waals surface area contributed by atoms with E-state index in [1.807, 2.05) is 6.92 Å². The summed E-state index contributed by atoms with van der Waals surface area (Å²) in [7, 11) is 0. The van der Waals surface area contributed by atoms with Crippen molar-refractivity contribution in [3.05, 3.63) is 17.7 Å². The predicted molar refractivity (Wildman–Crippen MR) is 68.1 cm³/mol. The SMILES string of the molecule is C=Nc1c(C)cc(O)cc1NCCN=CN. The number of benzene rings is 1. The number of hydrogen-bond donors (Lipinski definition) is 3. The van der Waals surface area contributed by atoms with E-state index in [1.165, 1.54) is 6.34 Å². The Morgan fingerprint density at radius 2 is 2.31 bits per heavy atom. The fraction of sp³-hybridized carbons (Fsp3) is 0.273. The monoisotopic (exact) mass is 220 g/mol. The molecule has 0 aliphatic rings. The molecular formula is C11H16N4O. The number of aryl methyl sites for hydroxylation is 1. The first-order valence-corrected chi connectivity index (χ1v) is 4.93. The van der Waals surface area contributed by atoms with Crippen LogP contribution < -0.4 is 11.1 Å². The summed E-state index contributed by atoms with van der Waals surface area (Å²) in [6.45, 7) is 6.57. The summed E-state index contributed by atoms with van der Waals surface area (Å²) < 4.78 is 0. The molecule has 0 aliphatic carbocycles. The summed E-state index contributed by atoms with van der Waals surface area (Å²) in [6.07, 6.45) is 1.27. The largest absolute Gasteiger partial charge is 0.508 e. The van der Waals surface area contributed by atoms with E-state index in [0.29, 0.717) is 13.1 Å². The van der Waals surface area contributed by atoms with Crippen LogP contribution in [0, 0.1) is 6.92 Å². The number of anilines is 1. The highest BCUT2D eigenvalue weighted by atomic mass is 16.3. The quantitative estimate of drug-likeness (QED) is 0.399. The van der Waals surface area contributed by atoms with E-state index in [2.05, 4.69) is 22.0 Å². The summed E-state index contributed by atoms with van der Waals surface area (Å²) in [5.74, 6) is 0.203. The fourth-order valence-corrected chi connectivity index (χ4v) is 1.43. The van der Waals surface area contributed by atoms with Crippen molar-refractivity contribution in [3.63, 3.8) is 0 Å². The van der Waals surface area contributed by atoms with Gasteiger partial charge >= 0.3 is 0 Å². The molecule has 0 saturated carbocycles. The molecule has 0 radical (unpaired) electrons. The van der Waals surface area contributed by atoms with E-state index in [0.717, 1.165) is 16.9 Å². The molecule has 1 aromatic rings. The first kappa shape index (κ1) is 12.0. The number of aliphatic imine (C=N–C) groups is 2. The van der Waals surface area contributed by atoms with Gasteiger partial charge in [0.2, 0.25) is 0 Å². The molecule has 0 aromatic heterocycles. The molecule has 0 heterocycles. The van der Waals surface area contributed by atoms with Crippen molar-refractivity contribution < 1.29 is 5.11 Å². The zero-order chi connectivity index (χ0) is 12.0. The van der Waals surface area contributed by atoms with Crippen molar-refractivity contribution >= 4 is 24.4 Å². The molecule has 5 heteroatoms. The van der Waals surface area contributed by atoms with Crippen molar-refractivity contribution in [1.82, 2.24) is 0 Å². The molecule has 1 rings (SSSR count). The minimum Gasteiger partial charge on any atom is -0.508 e. The van der Waals surface area contributed by atoms with Crippen molar-refractivity contribution in [2.45, 2.75) is 6.92 Å². The number of nitrogens with one attached hydrogen (secondary N) is 1. The molecule has 0 fully saturated rings. The number of nitrogens with two attached hydrogens (primary N) is 1. The maximum atomic E-state index is 9.46. The first-order valence-electron chi connectivity index (χ1n) is 4.93. The summed E-state index contributed by atoms with van der Waals surface area (Å²) in [6, 6.07) is 3.26. The van der Waals surface area contributed by atoms with Gasteiger partial charge in [-0.25, -0.2) is 0 Å². The standard InChI is InChI=1S/C11H16N4O/c1-8-5-9(16)6-10(11(8)13-2)15-4-3-14-7-12/h5-7,15-16H,2-4H2,1H3,(H2,12,14). The van der Waals surface area contributed by atoms with E-state index >= 15 is 0 Å². The van der Waals surface area contributed by atoms with Gasteiger partial charge in [-0.3, -0.25) is 9.98 Å². The third-order valence-electron chi connectivity index (χ3n) is 2.11. The lowest BCUT2D eigenvalue weighted by Gasteiger charge is -2.10.